The van der Waals surface area contributed by atoms with Gasteiger partial charge in [-0.25, -0.2) is 13.8 Å². The minimum Gasteiger partial charge on any atom is -0.489 e. The number of aromatic nitrogens is 4. The highest BCUT2D eigenvalue weighted by Gasteiger charge is 2.29. The lowest BCUT2D eigenvalue weighted by Crippen LogP contribution is -2.48. The number of thioether (sulfide) groups is 1. The fourth-order valence-corrected chi connectivity index (χ4v) is 6.19. The van der Waals surface area contributed by atoms with Crippen molar-refractivity contribution in [2.75, 3.05) is 79.3 Å². The third-order valence-corrected chi connectivity index (χ3v) is 8.72. The summed E-state index contributed by atoms with van der Waals surface area (Å²) >= 11 is 1.65. The molecule has 0 spiro atoms. The van der Waals surface area contributed by atoms with Gasteiger partial charge in [0.1, 0.15) is 5.82 Å². The van der Waals surface area contributed by atoms with E-state index in [0.29, 0.717) is 36.0 Å². The van der Waals surface area contributed by atoms with E-state index in [-0.39, 0.29) is 24.1 Å². The number of fused-ring (bicyclic) bond motifs is 3. The van der Waals surface area contributed by atoms with Crippen molar-refractivity contribution in [3.63, 3.8) is 0 Å². The molecule has 2 N–H and O–H groups in total. The van der Waals surface area contributed by atoms with Gasteiger partial charge in [-0.15, -0.1) is 5.10 Å². The largest absolute Gasteiger partial charge is 0.489 e. The van der Waals surface area contributed by atoms with Crippen molar-refractivity contribution in [2.45, 2.75) is 4.90 Å². The number of halogens is 2. The second kappa shape index (κ2) is 11.2. The molecule has 1 atom stereocenters. The molecule has 0 aliphatic carbocycles. The summed E-state index contributed by atoms with van der Waals surface area (Å²) in [7, 11) is -1.05. The van der Waals surface area contributed by atoms with Crippen LogP contribution < -0.4 is 20.3 Å². The molecule has 212 valence electrons. The molecule has 2 aliphatic heterocycles. The first kappa shape index (κ1) is 26.8. The Balaban J connectivity index is 1.08. The van der Waals surface area contributed by atoms with Crippen LogP contribution >= 0.6 is 11.8 Å². The van der Waals surface area contributed by atoms with Crippen LogP contribution in [0.25, 0.3) is 17.2 Å². The van der Waals surface area contributed by atoms with E-state index < -0.39 is 22.4 Å². The van der Waals surface area contributed by atoms with E-state index in [2.05, 4.69) is 24.9 Å². The van der Waals surface area contributed by atoms with Crippen molar-refractivity contribution in [3.8, 4) is 17.3 Å². The second-order valence-corrected chi connectivity index (χ2v) is 12.0. The Labute approximate surface area is 235 Å². The maximum atomic E-state index is 14.6. The number of nitrogens with two attached hydrogens (primary N) is 1. The fraction of sp³-hybridized carbons (Fsp3) is 0.400. The van der Waals surface area contributed by atoms with Gasteiger partial charge in [-0.3, -0.25) is 9.11 Å². The maximum Gasteiger partial charge on any atom is 0.225 e. The Morgan fingerprint density at radius 3 is 2.73 bits per heavy atom. The molecule has 0 amide bonds. The molecule has 3 aromatic heterocycles. The van der Waals surface area contributed by atoms with Crippen molar-refractivity contribution < 1.29 is 22.1 Å². The van der Waals surface area contributed by atoms with Crippen LogP contribution in [0.15, 0.2) is 39.8 Å². The first-order chi connectivity index (χ1) is 19.4. The molecule has 0 saturated carbocycles. The van der Waals surface area contributed by atoms with Crippen LogP contribution in [0, 0.1) is 11.6 Å². The summed E-state index contributed by atoms with van der Waals surface area (Å²) in [6.45, 7) is 4.26. The van der Waals surface area contributed by atoms with Crippen molar-refractivity contribution in [1.29, 1.82) is 0 Å². The Morgan fingerprint density at radius 2 is 1.98 bits per heavy atom. The van der Waals surface area contributed by atoms with E-state index in [0.717, 1.165) is 48.8 Å². The number of ether oxygens (including phenoxy) is 1. The summed E-state index contributed by atoms with van der Waals surface area (Å²) in [4.78, 5) is 16.6. The van der Waals surface area contributed by atoms with Crippen LogP contribution in [0.5, 0.6) is 5.75 Å². The number of anilines is 3. The monoisotopic (exact) mass is 590 g/mol. The number of nitrogens with zero attached hydrogens (tertiary/aromatic N) is 7. The molecule has 11 nitrogen and oxygen atoms in total. The van der Waals surface area contributed by atoms with Gasteiger partial charge in [-0.05, 0) is 12.1 Å². The van der Waals surface area contributed by atoms with Gasteiger partial charge < -0.3 is 24.7 Å². The number of hydrogen-bond acceptors (Lipinski definition) is 11. The van der Waals surface area contributed by atoms with E-state index in [1.807, 2.05) is 4.90 Å². The molecule has 4 aromatic rings. The number of piperazine rings is 1. The van der Waals surface area contributed by atoms with Gasteiger partial charge in [0.2, 0.25) is 11.8 Å². The van der Waals surface area contributed by atoms with E-state index in [9.17, 15) is 13.0 Å². The number of hydrogen-bond donors (Lipinski definition) is 1. The van der Waals surface area contributed by atoms with Gasteiger partial charge in [0.05, 0.1) is 35.1 Å². The molecule has 40 heavy (non-hydrogen) atoms. The Hall–Kier alpha value is -3.43. The standard InChI is InChI=1S/C25H28F2N8O3S2/c1-40(36)12-11-38-20-14-18(16(26)13-17(20)27)33-7-4-32(5-8-33)6-9-34-15-39-21-23(34)30-25(28)35-24(21)29-22(31-35)19-3-2-10-37-19/h2-3,10,13-14H,4-9,11-12,15H2,1H3,(H2,28,30). The van der Waals surface area contributed by atoms with Gasteiger partial charge >= 0.3 is 0 Å². The third kappa shape index (κ3) is 5.32. The SMILES string of the molecule is CS(=O)CCOc1cc(N2CCN(CCN3CSc4c3nc(N)n3nc(-c5ccco5)nc43)CC2)c(F)cc1F. The molecule has 1 saturated heterocycles. The highest BCUT2D eigenvalue weighted by molar-refractivity contribution is 8.00. The summed E-state index contributed by atoms with van der Waals surface area (Å²) in [5, 5.41) is 4.46. The van der Waals surface area contributed by atoms with Crippen molar-refractivity contribution in [1.82, 2.24) is 24.5 Å². The minimum absolute atomic E-state index is 0.0284. The number of nitrogen functional groups attached to an aromatic ring is 1. The van der Waals surface area contributed by atoms with E-state index in [1.165, 1.54) is 6.07 Å². The quantitative estimate of drug-likeness (QED) is 0.310. The average Bonchev–Trinajstić information content (AvgIpc) is 3.69. The van der Waals surface area contributed by atoms with Crippen LogP contribution in [0.4, 0.5) is 26.2 Å². The molecule has 0 bridgehead atoms. The Morgan fingerprint density at radius 1 is 1.15 bits per heavy atom. The topological polar surface area (TPSA) is 118 Å². The Bertz CT molecular complexity index is 1540. The Kier molecular flexibility index (Phi) is 7.51. The normalized spacial score (nSPS) is 16.6. The summed E-state index contributed by atoms with van der Waals surface area (Å²) in [5.74, 6) is 1.66. The zero-order valence-electron chi connectivity index (χ0n) is 21.8. The summed E-state index contributed by atoms with van der Waals surface area (Å²) in [5.41, 5.74) is 7.20. The smallest absolute Gasteiger partial charge is 0.225 e. The van der Waals surface area contributed by atoms with E-state index in [4.69, 9.17) is 14.9 Å². The van der Waals surface area contributed by atoms with Crippen LogP contribution in [0.2, 0.25) is 0 Å². The van der Waals surface area contributed by atoms with Gasteiger partial charge in [-0.2, -0.15) is 9.50 Å². The number of rotatable bonds is 9. The van der Waals surface area contributed by atoms with E-state index >= 15 is 0 Å². The highest BCUT2D eigenvalue weighted by Crippen LogP contribution is 2.40. The summed E-state index contributed by atoms with van der Waals surface area (Å²) in [6, 6.07) is 5.83. The summed E-state index contributed by atoms with van der Waals surface area (Å²) < 4.78 is 52.5. The zero-order chi connectivity index (χ0) is 27.8. The van der Waals surface area contributed by atoms with E-state index in [1.54, 1.807) is 40.9 Å². The molecular formula is C25H28F2N8O3S2. The first-order valence-corrected chi connectivity index (χ1v) is 15.5. The first-order valence-electron chi connectivity index (χ1n) is 12.7. The van der Waals surface area contributed by atoms with Crippen molar-refractivity contribution in [2.24, 2.45) is 0 Å². The third-order valence-electron chi connectivity index (χ3n) is 6.89. The maximum absolute atomic E-state index is 14.6. The predicted octanol–water partition coefficient (Wildman–Crippen LogP) is 2.69. The lowest BCUT2D eigenvalue weighted by atomic mass is 10.2. The average molecular weight is 591 g/mol. The lowest BCUT2D eigenvalue weighted by Gasteiger charge is -2.37. The molecule has 6 rings (SSSR count). The molecular weight excluding hydrogens is 562 g/mol. The van der Waals surface area contributed by atoms with Gasteiger partial charge in [0.25, 0.3) is 0 Å². The van der Waals surface area contributed by atoms with Gasteiger partial charge in [0.15, 0.2) is 28.8 Å². The lowest BCUT2D eigenvalue weighted by molar-refractivity contribution is 0.262. The molecule has 0 radical (unpaired) electrons. The second-order valence-electron chi connectivity index (χ2n) is 9.50. The molecule has 5 heterocycles. The molecule has 1 aromatic carbocycles. The predicted molar refractivity (Wildman–Crippen MR) is 150 cm³/mol. The van der Waals surface area contributed by atoms with Gasteiger partial charge in [0, 0.05) is 68.5 Å². The summed E-state index contributed by atoms with van der Waals surface area (Å²) in [6.07, 6.45) is 3.13. The zero-order valence-corrected chi connectivity index (χ0v) is 23.4. The van der Waals surface area contributed by atoms with Crippen molar-refractivity contribution in [3.05, 3.63) is 42.2 Å². The molecule has 15 heteroatoms. The van der Waals surface area contributed by atoms with Gasteiger partial charge in [-0.1, -0.05) is 11.8 Å². The minimum atomic E-state index is -1.05. The molecule has 1 unspecified atom stereocenters. The molecule has 2 aliphatic rings. The van der Waals surface area contributed by atoms with Crippen molar-refractivity contribution >= 4 is 45.7 Å². The van der Waals surface area contributed by atoms with Crippen LogP contribution in [-0.2, 0) is 10.8 Å². The fourth-order valence-electron chi connectivity index (χ4n) is 4.77. The molecule has 1 fully saturated rings. The number of benzene rings is 1. The van der Waals surface area contributed by atoms with Crippen LogP contribution in [0.1, 0.15) is 0 Å². The highest BCUT2D eigenvalue weighted by atomic mass is 32.2. The van der Waals surface area contributed by atoms with Crippen LogP contribution in [0.3, 0.4) is 0 Å². The van der Waals surface area contributed by atoms with Crippen LogP contribution in [-0.4, -0.2) is 92.5 Å². The number of furan rings is 1.